The maximum absolute atomic E-state index is 13.2. The summed E-state index contributed by atoms with van der Waals surface area (Å²) in [6.07, 6.45) is 1.25. The molecule has 2 aromatic rings. The molecule has 0 aliphatic carbocycles. The number of halogens is 2. The molecule has 2 heterocycles. The third kappa shape index (κ3) is 2.04. The summed E-state index contributed by atoms with van der Waals surface area (Å²) in [5, 5.41) is 9.82. The molecule has 5 heteroatoms. The predicted octanol–water partition coefficient (Wildman–Crippen LogP) is 1.84. The SMILES string of the molecule is OC(c1ccc(F)nc1)c1cccnc1F. The van der Waals surface area contributed by atoms with Gasteiger partial charge in [-0.2, -0.15) is 8.78 Å². The van der Waals surface area contributed by atoms with Crippen molar-refractivity contribution in [3.8, 4) is 0 Å². The lowest BCUT2D eigenvalue weighted by Crippen LogP contribution is -2.04. The van der Waals surface area contributed by atoms with E-state index in [1.807, 2.05) is 0 Å². The fraction of sp³-hybridized carbons (Fsp3) is 0.0909. The second-order valence-corrected chi connectivity index (χ2v) is 3.20. The normalized spacial score (nSPS) is 12.4. The highest BCUT2D eigenvalue weighted by molar-refractivity contribution is 5.26. The molecule has 0 saturated carbocycles. The summed E-state index contributed by atoms with van der Waals surface area (Å²) < 4.78 is 25.8. The molecule has 0 aliphatic rings. The summed E-state index contributed by atoms with van der Waals surface area (Å²) >= 11 is 0. The Hall–Kier alpha value is -1.88. The summed E-state index contributed by atoms with van der Waals surface area (Å²) in [5.41, 5.74) is 0.351. The van der Waals surface area contributed by atoms with Gasteiger partial charge in [0.2, 0.25) is 11.9 Å². The molecule has 1 unspecified atom stereocenters. The molecule has 0 spiro atoms. The Morgan fingerprint density at radius 1 is 1.12 bits per heavy atom. The monoisotopic (exact) mass is 222 g/mol. The zero-order valence-electron chi connectivity index (χ0n) is 8.14. The fourth-order valence-electron chi connectivity index (χ4n) is 1.33. The molecular weight excluding hydrogens is 214 g/mol. The average Bonchev–Trinajstić information content (AvgIpc) is 2.30. The van der Waals surface area contributed by atoms with Crippen LogP contribution >= 0.6 is 0 Å². The van der Waals surface area contributed by atoms with Crippen LogP contribution in [0.15, 0.2) is 36.7 Å². The van der Waals surface area contributed by atoms with Crippen molar-refractivity contribution in [2.24, 2.45) is 0 Å². The summed E-state index contributed by atoms with van der Waals surface area (Å²) in [7, 11) is 0. The van der Waals surface area contributed by atoms with E-state index in [0.29, 0.717) is 5.56 Å². The van der Waals surface area contributed by atoms with Gasteiger partial charge in [0.05, 0.1) is 0 Å². The molecule has 2 rings (SSSR count). The molecule has 0 amide bonds. The first-order chi connectivity index (χ1) is 7.68. The Kier molecular flexibility index (Phi) is 2.87. The third-order valence-corrected chi connectivity index (χ3v) is 2.15. The Balaban J connectivity index is 2.35. The van der Waals surface area contributed by atoms with Gasteiger partial charge in [0.25, 0.3) is 0 Å². The number of hydrogen-bond donors (Lipinski definition) is 1. The van der Waals surface area contributed by atoms with Crippen LogP contribution in [0.3, 0.4) is 0 Å². The number of nitrogens with zero attached hydrogens (tertiary/aromatic N) is 2. The smallest absolute Gasteiger partial charge is 0.218 e. The summed E-state index contributed by atoms with van der Waals surface area (Å²) in [5.74, 6) is -1.40. The first kappa shape index (κ1) is 10.6. The molecule has 0 fully saturated rings. The number of aliphatic hydroxyl groups is 1. The minimum absolute atomic E-state index is 0.0379. The Bertz CT molecular complexity index is 488. The quantitative estimate of drug-likeness (QED) is 0.788. The van der Waals surface area contributed by atoms with E-state index in [1.165, 1.54) is 24.4 Å². The van der Waals surface area contributed by atoms with Gasteiger partial charge in [-0.15, -0.1) is 0 Å². The minimum Gasteiger partial charge on any atom is -0.383 e. The Morgan fingerprint density at radius 3 is 2.56 bits per heavy atom. The Labute approximate surface area is 90.4 Å². The molecule has 1 atom stereocenters. The van der Waals surface area contributed by atoms with Crippen LogP contribution in [0.25, 0.3) is 0 Å². The zero-order valence-corrected chi connectivity index (χ0v) is 8.14. The van der Waals surface area contributed by atoms with Crippen LogP contribution in [0.2, 0.25) is 0 Å². The van der Waals surface area contributed by atoms with Crippen molar-refractivity contribution in [3.05, 3.63) is 59.7 Å². The van der Waals surface area contributed by atoms with E-state index in [9.17, 15) is 13.9 Å². The maximum Gasteiger partial charge on any atom is 0.218 e. The second kappa shape index (κ2) is 4.32. The van der Waals surface area contributed by atoms with Crippen molar-refractivity contribution in [3.63, 3.8) is 0 Å². The molecule has 0 aliphatic heterocycles. The topological polar surface area (TPSA) is 46.0 Å². The van der Waals surface area contributed by atoms with E-state index >= 15 is 0 Å². The van der Waals surface area contributed by atoms with Crippen LogP contribution in [-0.2, 0) is 0 Å². The van der Waals surface area contributed by atoms with E-state index in [2.05, 4.69) is 9.97 Å². The van der Waals surface area contributed by atoms with Crippen LogP contribution in [0.1, 0.15) is 17.2 Å². The van der Waals surface area contributed by atoms with Gasteiger partial charge < -0.3 is 5.11 Å². The van der Waals surface area contributed by atoms with Crippen molar-refractivity contribution in [2.75, 3.05) is 0 Å². The van der Waals surface area contributed by atoms with E-state index in [1.54, 1.807) is 0 Å². The van der Waals surface area contributed by atoms with Gasteiger partial charge in [0, 0.05) is 23.5 Å². The molecule has 1 N–H and O–H groups in total. The predicted molar refractivity (Wildman–Crippen MR) is 52.5 cm³/mol. The van der Waals surface area contributed by atoms with Crippen LogP contribution in [0, 0.1) is 11.9 Å². The molecule has 82 valence electrons. The van der Waals surface area contributed by atoms with Crippen molar-refractivity contribution in [1.29, 1.82) is 0 Å². The molecule has 0 aromatic carbocycles. The molecule has 0 radical (unpaired) electrons. The van der Waals surface area contributed by atoms with Crippen LogP contribution < -0.4 is 0 Å². The zero-order chi connectivity index (χ0) is 11.5. The second-order valence-electron chi connectivity index (χ2n) is 3.20. The first-order valence-corrected chi connectivity index (χ1v) is 4.58. The number of pyridine rings is 2. The van der Waals surface area contributed by atoms with Crippen LogP contribution in [0.4, 0.5) is 8.78 Å². The van der Waals surface area contributed by atoms with Gasteiger partial charge in [-0.25, -0.2) is 9.97 Å². The molecule has 0 bridgehead atoms. The number of aromatic nitrogens is 2. The molecule has 2 aromatic heterocycles. The molecular formula is C11H8F2N2O. The highest BCUT2D eigenvalue weighted by Crippen LogP contribution is 2.22. The largest absolute Gasteiger partial charge is 0.383 e. The van der Waals surface area contributed by atoms with Gasteiger partial charge >= 0.3 is 0 Å². The van der Waals surface area contributed by atoms with E-state index in [0.717, 1.165) is 12.3 Å². The van der Waals surface area contributed by atoms with E-state index < -0.39 is 18.0 Å². The van der Waals surface area contributed by atoms with Crippen molar-refractivity contribution in [2.45, 2.75) is 6.10 Å². The number of hydrogen-bond acceptors (Lipinski definition) is 3. The minimum atomic E-state index is -1.19. The lowest BCUT2D eigenvalue weighted by atomic mass is 10.1. The summed E-state index contributed by atoms with van der Waals surface area (Å²) in [6.45, 7) is 0. The van der Waals surface area contributed by atoms with Gasteiger partial charge in [-0.05, 0) is 24.3 Å². The van der Waals surface area contributed by atoms with Crippen molar-refractivity contribution in [1.82, 2.24) is 9.97 Å². The van der Waals surface area contributed by atoms with Gasteiger partial charge in [-0.3, -0.25) is 0 Å². The lowest BCUT2D eigenvalue weighted by molar-refractivity contribution is 0.213. The Morgan fingerprint density at radius 2 is 1.94 bits per heavy atom. The first-order valence-electron chi connectivity index (χ1n) is 4.58. The fourth-order valence-corrected chi connectivity index (χ4v) is 1.33. The van der Waals surface area contributed by atoms with Gasteiger partial charge in [-0.1, -0.05) is 0 Å². The van der Waals surface area contributed by atoms with Crippen LogP contribution in [-0.4, -0.2) is 15.1 Å². The van der Waals surface area contributed by atoms with E-state index in [-0.39, 0.29) is 5.56 Å². The maximum atomic E-state index is 13.2. The number of rotatable bonds is 2. The van der Waals surface area contributed by atoms with Crippen molar-refractivity contribution < 1.29 is 13.9 Å². The van der Waals surface area contributed by atoms with Gasteiger partial charge in [0.15, 0.2) is 0 Å². The molecule has 0 saturated heterocycles. The van der Waals surface area contributed by atoms with Crippen LogP contribution in [0.5, 0.6) is 0 Å². The van der Waals surface area contributed by atoms with Crippen molar-refractivity contribution >= 4 is 0 Å². The standard InChI is InChI=1S/C11H8F2N2O/c12-9-4-3-7(6-15-9)10(16)8-2-1-5-14-11(8)13/h1-6,10,16H. The number of aliphatic hydroxyl groups excluding tert-OH is 1. The average molecular weight is 222 g/mol. The highest BCUT2D eigenvalue weighted by atomic mass is 19.1. The molecule has 16 heavy (non-hydrogen) atoms. The van der Waals surface area contributed by atoms with E-state index in [4.69, 9.17) is 0 Å². The summed E-state index contributed by atoms with van der Waals surface area (Å²) in [4.78, 5) is 6.81. The van der Waals surface area contributed by atoms with Gasteiger partial charge in [0.1, 0.15) is 6.10 Å². The summed E-state index contributed by atoms with van der Waals surface area (Å²) in [6, 6.07) is 5.38. The lowest BCUT2D eigenvalue weighted by Gasteiger charge is -2.10. The third-order valence-electron chi connectivity index (χ3n) is 2.15. The molecule has 3 nitrogen and oxygen atoms in total. The highest BCUT2D eigenvalue weighted by Gasteiger charge is 2.15.